The third kappa shape index (κ3) is 5.69. The highest BCUT2D eigenvalue weighted by molar-refractivity contribution is 5.97. The number of nitrogens with one attached hydrogen (secondary N) is 1. The lowest BCUT2D eigenvalue weighted by molar-refractivity contribution is 0.0792. The van der Waals surface area contributed by atoms with Crippen LogP contribution in [0.3, 0.4) is 0 Å². The van der Waals surface area contributed by atoms with Crippen LogP contribution in [0.5, 0.6) is 0 Å². The molecular formula is C21H25FN2O2. The van der Waals surface area contributed by atoms with Crippen LogP contribution in [0.25, 0.3) is 0 Å². The molecule has 0 saturated carbocycles. The molecule has 0 aliphatic heterocycles. The van der Waals surface area contributed by atoms with Gasteiger partial charge in [-0.1, -0.05) is 25.5 Å². The number of hydrogen-bond acceptors (Lipinski definition) is 2. The summed E-state index contributed by atoms with van der Waals surface area (Å²) in [6.45, 7) is 3.27. The normalized spacial score (nSPS) is 10.4. The van der Waals surface area contributed by atoms with Gasteiger partial charge in [-0.05, 0) is 54.8 Å². The Hall–Kier alpha value is -2.69. The highest BCUT2D eigenvalue weighted by Crippen LogP contribution is 2.08. The van der Waals surface area contributed by atoms with Crippen molar-refractivity contribution in [1.29, 1.82) is 0 Å². The van der Waals surface area contributed by atoms with Gasteiger partial charge in [-0.3, -0.25) is 9.59 Å². The second-order valence-electron chi connectivity index (χ2n) is 6.29. The van der Waals surface area contributed by atoms with E-state index in [4.69, 9.17) is 0 Å². The summed E-state index contributed by atoms with van der Waals surface area (Å²) in [7, 11) is 1.79. The molecule has 0 spiro atoms. The van der Waals surface area contributed by atoms with E-state index >= 15 is 0 Å². The number of amides is 2. The van der Waals surface area contributed by atoms with Crippen molar-refractivity contribution in [2.75, 3.05) is 20.1 Å². The summed E-state index contributed by atoms with van der Waals surface area (Å²) in [4.78, 5) is 26.2. The molecule has 1 N–H and O–H groups in total. The minimum atomic E-state index is -0.271. The van der Waals surface area contributed by atoms with Crippen LogP contribution in [-0.4, -0.2) is 36.9 Å². The summed E-state index contributed by atoms with van der Waals surface area (Å²) in [5.74, 6) is -0.500. The zero-order chi connectivity index (χ0) is 18.9. The van der Waals surface area contributed by atoms with Crippen molar-refractivity contribution in [3.05, 3.63) is 71.0 Å². The van der Waals surface area contributed by atoms with Gasteiger partial charge in [0.25, 0.3) is 11.8 Å². The maximum absolute atomic E-state index is 12.9. The molecule has 5 heteroatoms. The van der Waals surface area contributed by atoms with E-state index in [9.17, 15) is 14.0 Å². The number of nitrogens with zero attached hydrogens (tertiary/aromatic N) is 1. The predicted octanol–water partition coefficient (Wildman–Crippen LogP) is 3.67. The van der Waals surface area contributed by atoms with E-state index < -0.39 is 0 Å². The van der Waals surface area contributed by atoms with Gasteiger partial charge in [-0.15, -0.1) is 0 Å². The van der Waals surface area contributed by atoms with Gasteiger partial charge in [-0.2, -0.15) is 0 Å². The molecule has 0 unspecified atom stereocenters. The van der Waals surface area contributed by atoms with Crippen molar-refractivity contribution >= 4 is 11.8 Å². The van der Waals surface area contributed by atoms with Gasteiger partial charge in [0.15, 0.2) is 0 Å². The average molecular weight is 356 g/mol. The highest BCUT2D eigenvalue weighted by atomic mass is 19.1. The Morgan fingerprint density at radius 2 is 1.62 bits per heavy atom. The quantitative estimate of drug-likeness (QED) is 0.784. The van der Waals surface area contributed by atoms with Gasteiger partial charge >= 0.3 is 0 Å². The summed E-state index contributed by atoms with van der Waals surface area (Å²) in [5, 5.41) is 2.83. The molecule has 2 amide bonds. The lowest BCUT2D eigenvalue weighted by Crippen LogP contribution is -2.28. The molecule has 0 bridgehead atoms. The second kappa shape index (κ2) is 9.70. The Balaban J connectivity index is 1.85. The maximum atomic E-state index is 12.9. The minimum Gasteiger partial charge on any atom is -0.352 e. The number of carbonyl (C=O) groups is 2. The van der Waals surface area contributed by atoms with Crippen LogP contribution < -0.4 is 5.32 Å². The molecule has 0 aromatic heterocycles. The van der Waals surface area contributed by atoms with Gasteiger partial charge < -0.3 is 10.2 Å². The number of unbranched alkanes of at least 4 members (excludes halogenated alkanes) is 1. The first-order chi connectivity index (χ1) is 12.5. The molecule has 0 aliphatic carbocycles. The Morgan fingerprint density at radius 1 is 1.00 bits per heavy atom. The van der Waals surface area contributed by atoms with Gasteiger partial charge in [0.2, 0.25) is 0 Å². The van der Waals surface area contributed by atoms with Crippen molar-refractivity contribution < 1.29 is 14.0 Å². The molecule has 0 atom stereocenters. The third-order valence-corrected chi connectivity index (χ3v) is 4.20. The van der Waals surface area contributed by atoms with E-state index in [1.807, 2.05) is 0 Å². The second-order valence-corrected chi connectivity index (χ2v) is 6.29. The van der Waals surface area contributed by atoms with Crippen LogP contribution in [0.1, 0.15) is 46.0 Å². The lowest BCUT2D eigenvalue weighted by atomic mass is 10.1. The van der Waals surface area contributed by atoms with Crippen LogP contribution in [-0.2, 0) is 6.42 Å². The van der Waals surface area contributed by atoms with Crippen LogP contribution in [0.4, 0.5) is 4.39 Å². The van der Waals surface area contributed by atoms with E-state index in [1.165, 1.54) is 12.1 Å². The van der Waals surface area contributed by atoms with Gasteiger partial charge in [0.05, 0.1) is 0 Å². The fourth-order valence-electron chi connectivity index (χ4n) is 2.55. The topological polar surface area (TPSA) is 49.4 Å². The van der Waals surface area contributed by atoms with E-state index in [1.54, 1.807) is 48.3 Å². The SMILES string of the molecule is CCCCN(C)C(=O)c1ccc(C(=O)NCCc2ccc(F)cc2)cc1. The van der Waals surface area contributed by atoms with Crippen LogP contribution in [0.15, 0.2) is 48.5 Å². The Bertz CT molecular complexity index is 727. The van der Waals surface area contributed by atoms with Crippen LogP contribution in [0.2, 0.25) is 0 Å². The van der Waals surface area contributed by atoms with Crippen LogP contribution >= 0.6 is 0 Å². The largest absolute Gasteiger partial charge is 0.352 e. The molecule has 0 heterocycles. The predicted molar refractivity (Wildman–Crippen MR) is 101 cm³/mol. The van der Waals surface area contributed by atoms with E-state index in [0.717, 1.165) is 24.9 Å². The minimum absolute atomic E-state index is 0.0401. The van der Waals surface area contributed by atoms with Crippen molar-refractivity contribution in [3.8, 4) is 0 Å². The molecule has 4 nitrogen and oxygen atoms in total. The smallest absolute Gasteiger partial charge is 0.253 e. The fraction of sp³-hybridized carbons (Fsp3) is 0.333. The molecule has 0 radical (unpaired) electrons. The first-order valence-electron chi connectivity index (χ1n) is 8.89. The van der Waals surface area contributed by atoms with Crippen LogP contribution in [0, 0.1) is 5.82 Å². The van der Waals surface area contributed by atoms with E-state index in [2.05, 4.69) is 12.2 Å². The number of carbonyl (C=O) groups excluding carboxylic acids is 2. The Labute approximate surface area is 154 Å². The fourth-order valence-corrected chi connectivity index (χ4v) is 2.55. The average Bonchev–Trinajstić information content (AvgIpc) is 2.67. The molecule has 138 valence electrons. The Kier molecular flexibility index (Phi) is 7.33. The van der Waals surface area contributed by atoms with E-state index in [0.29, 0.717) is 24.1 Å². The van der Waals surface area contributed by atoms with Gasteiger partial charge in [0.1, 0.15) is 5.82 Å². The number of halogens is 1. The summed E-state index contributed by atoms with van der Waals surface area (Å²) < 4.78 is 12.9. The molecule has 2 aromatic rings. The molecule has 0 aliphatic rings. The van der Waals surface area contributed by atoms with Gasteiger partial charge in [-0.25, -0.2) is 4.39 Å². The van der Waals surface area contributed by atoms with Crippen molar-refractivity contribution in [2.45, 2.75) is 26.2 Å². The first-order valence-corrected chi connectivity index (χ1v) is 8.89. The molecular weight excluding hydrogens is 331 g/mol. The lowest BCUT2D eigenvalue weighted by Gasteiger charge is -2.16. The zero-order valence-electron chi connectivity index (χ0n) is 15.3. The number of hydrogen-bond donors (Lipinski definition) is 1. The van der Waals surface area contributed by atoms with Crippen molar-refractivity contribution in [1.82, 2.24) is 10.2 Å². The number of rotatable bonds is 8. The first kappa shape index (κ1) is 19.6. The standard InChI is InChI=1S/C21H25FN2O2/c1-3-4-15-24(2)21(26)18-9-7-17(8-10-18)20(25)23-14-13-16-5-11-19(22)12-6-16/h5-12H,3-4,13-15H2,1-2H3,(H,23,25). The molecule has 2 aromatic carbocycles. The van der Waals surface area contributed by atoms with Gasteiger partial charge in [0, 0.05) is 31.3 Å². The van der Waals surface area contributed by atoms with Crippen molar-refractivity contribution in [2.24, 2.45) is 0 Å². The zero-order valence-corrected chi connectivity index (χ0v) is 15.3. The summed E-state index contributed by atoms with van der Waals surface area (Å²) >= 11 is 0. The number of benzene rings is 2. The van der Waals surface area contributed by atoms with Crippen molar-refractivity contribution in [3.63, 3.8) is 0 Å². The Morgan fingerprint density at radius 3 is 2.23 bits per heavy atom. The third-order valence-electron chi connectivity index (χ3n) is 4.20. The summed E-state index contributed by atoms with van der Waals surface area (Å²) in [6.07, 6.45) is 2.64. The molecule has 0 fully saturated rings. The molecule has 2 rings (SSSR count). The molecule has 0 saturated heterocycles. The van der Waals surface area contributed by atoms with E-state index in [-0.39, 0.29) is 17.6 Å². The highest BCUT2D eigenvalue weighted by Gasteiger charge is 2.12. The summed E-state index contributed by atoms with van der Waals surface area (Å²) in [5.41, 5.74) is 2.05. The maximum Gasteiger partial charge on any atom is 0.253 e. The monoisotopic (exact) mass is 356 g/mol. The molecule has 26 heavy (non-hydrogen) atoms. The summed E-state index contributed by atoms with van der Waals surface area (Å²) in [6, 6.07) is 12.9.